The molecule has 0 unspecified atom stereocenters. The third-order valence-corrected chi connectivity index (χ3v) is 1.90. The van der Waals surface area contributed by atoms with Gasteiger partial charge in [0, 0.05) is 0 Å². The van der Waals surface area contributed by atoms with Crippen LogP contribution in [0, 0.1) is 10.1 Å². The Labute approximate surface area is 88.6 Å². The van der Waals surface area contributed by atoms with Gasteiger partial charge in [0.25, 0.3) is 5.91 Å². The zero-order valence-electron chi connectivity index (χ0n) is 8.15. The fourth-order valence-corrected chi connectivity index (χ4v) is 1.00. The molecule has 9 heteroatoms. The van der Waals surface area contributed by atoms with Crippen LogP contribution in [0.3, 0.4) is 0 Å². The summed E-state index contributed by atoms with van der Waals surface area (Å²) in [5, 5.41) is 22.7. The molecule has 0 spiro atoms. The normalized spacial score (nSPS) is 12.1. The molecular formula is C7H8N4O5. The molecule has 0 aliphatic rings. The quantitative estimate of drug-likeness (QED) is 0.527. The highest BCUT2D eigenvalue weighted by molar-refractivity contribution is 5.94. The third-order valence-electron chi connectivity index (χ3n) is 1.90. The molecule has 1 atom stereocenters. The van der Waals surface area contributed by atoms with Gasteiger partial charge in [0.1, 0.15) is 12.2 Å². The van der Waals surface area contributed by atoms with E-state index in [1.165, 1.54) is 6.92 Å². The number of nitrogens with zero attached hydrogens (tertiary/aromatic N) is 3. The fourth-order valence-electron chi connectivity index (χ4n) is 1.00. The van der Waals surface area contributed by atoms with E-state index >= 15 is 0 Å². The van der Waals surface area contributed by atoms with Gasteiger partial charge in [-0.2, -0.15) is 5.10 Å². The van der Waals surface area contributed by atoms with E-state index in [2.05, 4.69) is 5.10 Å². The van der Waals surface area contributed by atoms with Crippen LogP contribution in [0.25, 0.3) is 0 Å². The van der Waals surface area contributed by atoms with Crippen LogP contribution in [0.5, 0.6) is 0 Å². The van der Waals surface area contributed by atoms with Gasteiger partial charge in [-0.3, -0.25) is 19.6 Å². The summed E-state index contributed by atoms with van der Waals surface area (Å²) in [6, 6.07) is -1.12. The van der Waals surface area contributed by atoms with Crippen molar-refractivity contribution in [3.63, 3.8) is 0 Å². The van der Waals surface area contributed by atoms with Crippen LogP contribution in [0.4, 0.5) is 5.69 Å². The molecule has 16 heavy (non-hydrogen) atoms. The monoisotopic (exact) mass is 228 g/mol. The van der Waals surface area contributed by atoms with E-state index in [1.54, 1.807) is 0 Å². The van der Waals surface area contributed by atoms with Crippen molar-refractivity contribution in [3.05, 3.63) is 22.0 Å². The van der Waals surface area contributed by atoms with Gasteiger partial charge in [0.2, 0.25) is 5.69 Å². The van der Waals surface area contributed by atoms with Crippen molar-refractivity contribution in [2.75, 3.05) is 0 Å². The topological polar surface area (TPSA) is 141 Å². The number of carboxylic acid groups (broad SMARTS) is 1. The van der Waals surface area contributed by atoms with Crippen molar-refractivity contribution >= 4 is 17.6 Å². The Kier molecular flexibility index (Phi) is 2.88. The molecule has 3 N–H and O–H groups in total. The second-order valence-corrected chi connectivity index (χ2v) is 2.98. The van der Waals surface area contributed by atoms with E-state index in [1.807, 2.05) is 0 Å². The maximum Gasteiger partial charge on any atom is 0.328 e. The number of nitrogens with two attached hydrogens (primary N) is 1. The molecule has 0 aromatic carbocycles. The van der Waals surface area contributed by atoms with Gasteiger partial charge in [0.05, 0.1) is 4.92 Å². The van der Waals surface area contributed by atoms with E-state index in [0.717, 1.165) is 10.9 Å². The predicted molar refractivity (Wildman–Crippen MR) is 49.7 cm³/mol. The second kappa shape index (κ2) is 3.96. The summed E-state index contributed by atoms with van der Waals surface area (Å²) in [5.41, 5.74) is 3.71. The smallest absolute Gasteiger partial charge is 0.328 e. The molecule has 0 aliphatic carbocycles. The predicted octanol–water partition coefficient (Wildman–Crippen LogP) is -0.464. The molecule has 0 saturated carbocycles. The van der Waals surface area contributed by atoms with Crippen LogP contribution in [-0.2, 0) is 4.79 Å². The lowest BCUT2D eigenvalue weighted by atomic mass is 10.3. The average Bonchev–Trinajstić information content (AvgIpc) is 2.60. The van der Waals surface area contributed by atoms with E-state index in [-0.39, 0.29) is 0 Å². The number of carbonyl (C=O) groups excluding carboxylic acids is 1. The lowest BCUT2D eigenvalue weighted by molar-refractivity contribution is -0.385. The first-order valence-corrected chi connectivity index (χ1v) is 4.10. The molecule has 1 heterocycles. The molecule has 1 amide bonds. The molecule has 1 aromatic heterocycles. The third kappa shape index (κ3) is 1.97. The first-order valence-electron chi connectivity index (χ1n) is 4.10. The Hall–Kier alpha value is -2.45. The number of rotatable bonds is 4. The fraction of sp³-hybridized carbons (Fsp3) is 0.286. The summed E-state index contributed by atoms with van der Waals surface area (Å²) < 4.78 is 0.806. The van der Waals surface area contributed by atoms with Crippen LogP contribution >= 0.6 is 0 Å². The average molecular weight is 228 g/mol. The molecule has 9 nitrogen and oxygen atoms in total. The number of carboxylic acids is 1. The van der Waals surface area contributed by atoms with E-state index in [9.17, 15) is 19.7 Å². The van der Waals surface area contributed by atoms with Gasteiger partial charge in [0.15, 0.2) is 0 Å². The van der Waals surface area contributed by atoms with Crippen molar-refractivity contribution in [1.82, 2.24) is 9.78 Å². The van der Waals surface area contributed by atoms with Crippen molar-refractivity contribution in [1.29, 1.82) is 0 Å². The Morgan fingerprint density at radius 3 is 2.56 bits per heavy atom. The highest BCUT2D eigenvalue weighted by atomic mass is 16.6. The summed E-state index contributed by atoms with van der Waals surface area (Å²) in [6.45, 7) is 1.27. The zero-order chi connectivity index (χ0) is 12.5. The summed E-state index contributed by atoms with van der Waals surface area (Å²) >= 11 is 0. The number of carbonyl (C=O) groups is 2. The van der Waals surface area contributed by atoms with Crippen molar-refractivity contribution < 1.29 is 19.6 Å². The Bertz CT molecular complexity index is 434. The van der Waals surface area contributed by atoms with E-state index in [0.29, 0.717) is 0 Å². The summed E-state index contributed by atoms with van der Waals surface area (Å²) in [7, 11) is 0. The van der Waals surface area contributed by atoms with Gasteiger partial charge in [-0.05, 0) is 6.92 Å². The lowest BCUT2D eigenvalue weighted by Crippen LogP contribution is -2.18. The van der Waals surface area contributed by atoms with E-state index in [4.69, 9.17) is 10.8 Å². The van der Waals surface area contributed by atoms with Crippen LogP contribution in [0.1, 0.15) is 23.5 Å². The second-order valence-electron chi connectivity index (χ2n) is 2.98. The Balaban J connectivity index is 3.26. The number of aliphatic carboxylic acids is 1. The van der Waals surface area contributed by atoms with E-state index < -0.39 is 34.2 Å². The van der Waals surface area contributed by atoms with Crippen LogP contribution in [0.15, 0.2) is 6.20 Å². The van der Waals surface area contributed by atoms with Crippen LogP contribution in [-0.4, -0.2) is 31.7 Å². The number of hydrogen-bond acceptors (Lipinski definition) is 5. The van der Waals surface area contributed by atoms with Crippen molar-refractivity contribution in [2.24, 2.45) is 5.73 Å². The van der Waals surface area contributed by atoms with Gasteiger partial charge >= 0.3 is 11.7 Å². The summed E-state index contributed by atoms with van der Waals surface area (Å²) in [5.74, 6) is -2.31. The largest absolute Gasteiger partial charge is 0.480 e. The van der Waals surface area contributed by atoms with Crippen LogP contribution < -0.4 is 5.73 Å². The number of hydrogen-bond donors (Lipinski definition) is 2. The van der Waals surface area contributed by atoms with Gasteiger partial charge < -0.3 is 10.8 Å². The molecule has 0 bridgehead atoms. The van der Waals surface area contributed by atoms with Crippen molar-refractivity contribution in [2.45, 2.75) is 13.0 Å². The van der Waals surface area contributed by atoms with Gasteiger partial charge in [-0.1, -0.05) is 0 Å². The SMILES string of the molecule is C[C@@H](C(=O)O)n1cc([N+](=O)[O-])c(C(N)=O)n1. The zero-order valence-corrected chi connectivity index (χ0v) is 8.15. The molecule has 0 fully saturated rings. The first kappa shape index (κ1) is 11.6. The molecule has 0 radical (unpaired) electrons. The number of amides is 1. The minimum atomic E-state index is -1.23. The minimum absolute atomic E-state index is 0.557. The standard InChI is InChI=1S/C7H8N4O5/c1-3(7(13)14)10-2-4(11(15)16)5(9-10)6(8)12/h2-3H,1H3,(H2,8,12)(H,13,14)/t3-/m0/s1. The Morgan fingerprint density at radius 1 is 1.69 bits per heavy atom. The number of primary amides is 1. The van der Waals surface area contributed by atoms with Gasteiger partial charge in [-0.25, -0.2) is 4.79 Å². The minimum Gasteiger partial charge on any atom is -0.480 e. The Morgan fingerprint density at radius 2 is 2.25 bits per heavy atom. The summed E-state index contributed by atoms with van der Waals surface area (Å²) in [4.78, 5) is 31.1. The molecule has 0 saturated heterocycles. The maximum absolute atomic E-state index is 10.8. The molecule has 0 aliphatic heterocycles. The lowest BCUT2D eigenvalue weighted by Gasteiger charge is -2.04. The number of nitro groups is 1. The molecule has 1 rings (SSSR count). The highest BCUT2D eigenvalue weighted by Gasteiger charge is 2.26. The van der Waals surface area contributed by atoms with Crippen LogP contribution in [0.2, 0.25) is 0 Å². The summed E-state index contributed by atoms with van der Waals surface area (Å²) in [6.07, 6.45) is 0.860. The molecule has 1 aromatic rings. The maximum atomic E-state index is 10.8. The highest BCUT2D eigenvalue weighted by Crippen LogP contribution is 2.18. The molecular weight excluding hydrogens is 220 g/mol. The number of aromatic nitrogens is 2. The first-order chi connectivity index (χ1) is 7.34. The molecule has 86 valence electrons. The van der Waals surface area contributed by atoms with Gasteiger partial charge in [-0.15, -0.1) is 0 Å². The van der Waals surface area contributed by atoms with Crippen molar-refractivity contribution in [3.8, 4) is 0 Å².